The van der Waals surface area contributed by atoms with Crippen molar-refractivity contribution in [1.82, 2.24) is 30.3 Å². The lowest BCUT2D eigenvalue weighted by Gasteiger charge is -2.33. The number of nitrogens with one attached hydrogen (secondary N) is 3. The minimum absolute atomic E-state index is 0.0724. The Labute approximate surface area is 321 Å². The van der Waals surface area contributed by atoms with Crippen molar-refractivity contribution in [2.45, 2.75) is 18.3 Å². The Bertz CT molecular complexity index is 1960. The Morgan fingerprint density at radius 3 is 2.29 bits per heavy atom. The van der Waals surface area contributed by atoms with Gasteiger partial charge in [-0.3, -0.25) is 24.2 Å². The number of nitrogens with zero attached hydrogens (tertiary/aromatic N) is 4. The van der Waals surface area contributed by atoms with Crippen LogP contribution in [0, 0.1) is 5.82 Å². The zero-order valence-corrected chi connectivity index (χ0v) is 30.8. The summed E-state index contributed by atoms with van der Waals surface area (Å²) in [6.45, 7) is 5.59. The van der Waals surface area contributed by atoms with E-state index in [2.05, 4.69) is 25.8 Å². The van der Waals surface area contributed by atoms with Crippen LogP contribution in [0.5, 0.6) is 0 Å². The maximum atomic E-state index is 15.2. The van der Waals surface area contributed by atoms with Crippen LogP contribution in [0.15, 0.2) is 84.2 Å². The van der Waals surface area contributed by atoms with Crippen molar-refractivity contribution in [3.8, 4) is 11.3 Å². The standard InChI is InChI=1S/C39H42FN7O7S/c40-30-9-5-4-8-29(30)37-47(36(50)33(27-6-2-1-3-7-27)43-39(51)46-18-22-53-23-19-46)32(24-54-37)35(49)44-38-42-31(25-55-38)26-10-12-28(13-11-26)34(48)41-14-15-45-16-20-52-21-17-45/h1-13,25,32-33,37H,14-24H2,(H,41,48)(H,43,51)(H,42,44,49)/t32-,33+,37+/m0/s1. The minimum Gasteiger partial charge on any atom is -0.379 e. The second kappa shape index (κ2) is 17.9. The fraction of sp³-hybridized carbons (Fsp3) is 0.359. The summed E-state index contributed by atoms with van der Waals surface area (Å²) >= 11 is 1.19. The number of halogens is 1. The maximum absolute atomic E-state index is 15.2. The van der Waals surface area contributed by atoms with E-state index in [0.29, 0.717) is 62.9 Å². The first-order valence-electron chi connectivity index (χ1n) is 18.2. The van der Waals surface area contributed by atoms with E-state index < -0.39 is 42.0 Å². The molecule has 3 fully saturated rings. The molecule has 5 amide bonds. The third-order valence-corrected chi connectivity index (χ3v) is 10.4. The molecular weight excluding hydrogens is 730 g/mol. The van der Waals surface area contributed by atoms with E-state index in [9.17, 15) is 19.2 Å². The number of thiazole rings is 1. The summed E-state index contributed by atoms with van der Waals surface area (Å²) in [6.07, 6.45) is -1.25. The first-order chi connectivity index (χ1) is 26.9. The molecule has 3 aliphatic rings. The Hall–Kier alpha value is -5.26. The van der Waals surface area contributed by atoms with Gasteiger partial charge < -0.3 is 35.1 Å². The van der Waals surface area contributed by atoms with Gasteiger partial charge in [-0.1, -0.05) is 60.7 Å². The van der Waals surface area contributed by atoms with Gasteiger partial charge in [-0.15, -0.1) is 11.3 Å². The monoisotopic (exact) mass is 771 g/mol. The molecule has 1 aromatic heterocycles. The Morgan fingerprint density at radius 2 is 1.56 bits per heavy atom. The Kier molecular flexibility index (Phi) is 12.4. The molecular formula is C39H42FN7O7S. The van der Waals surface area contributed by atoms with E-state index >= 15 is 4.39 Å². The number of rotatable bonds is 11. The second-order valence-corrected chi connectivity index (χ2v) is 14.0. The lowest BCUT2D eigenvalue weighted by Crippen LogP contribution is -2.53. The molecule has 4 aromatic rings. The van der Waals surface area contributed by atoms with Crippen molar-refractivity contribution >= 4 is 40.2 Å². The molecule has 288 valence electrons. The summed E-state index contributed by atoms with van der Waals surface area (Å²) in [5.74, 6) is -2.03. The molecule has 3 saturated heterocycles. The van der Waals surface area contributed by atoms with Gasteiger partial charge in [0.15, 0.2) is 11.4 Å². The molecule has 3 atom stereocenters. The average molecular weight is 772 g/mol. The van der Waals surface area contributed by atoms with Gasteiger partial charge >= 0.3 is 6.03 Å². The molecule has 4 heterocycles. The van der Waals surface area contributed by atoms with Crippen LogP contribution in [0.25, 0.3) is 11.3 Å². The number of urea groups is 1. The molecule has 0 saturated carbocycles. The van der Waals surface area contributed by atoms with Gasteiger partial charge in [-0.05, 0) is 23.8 Å². The van der Waals surface area contributed by atoms with E-state index in [0.717, 1.165) is 25.2 Å². The zero-order valence-electron chi connectivity index (χ0n) is 30.0. The van der Waals surface area contributed by atoms with Gasteiger partial charge in [0.2, 0.25) is 0 Å². The van der Waals surface area contributed by atoms with E-state index in [4.69, 9.17) is 14.2 Å². The van der Waals surface area contributed by atoms with Gasteiger partial charge in [0.05, 0.1) is 38.7 Å². The zero-order chi connectivity index (χ0) is 38.1. The quantitative estimate of drug-likeness (QED) is 0.207. The number of hydrogen-bond donors (Lipinski definition) is 3. The maximum Gasteiger partial charge on any atom is 0.318 e. The summed E-state index contributed by atoms with van der Waals surface area (Å²) in [5, 5.41) is 10.7. The van der Waals surface area contributed by atoms with Crippen LogP contribution in [0.4, 0.5) is 14.3 Å². The number of morpholine rings is 2. The second-order valence-electron chi connectivity index (χ2n) is 13.2. The third kappa shape index (κ3) is 9.17. The van der Waals surface area contributed by atoms with Gasteiger partial charge in [0.25, 0.3) is 17.7 Å². The number of carbonyl (C=O) groups excluding carboxylic acids is 4. The number of anilines is 1. The van der Waals surface area contributed by atoms with E-state index in [1.807, 2.05) is 0 Å². The highest BCUT2D eigenvalue weighted by Crippen LogP contribution is 2.36. The first kappa shape index (κ1) is 38.0. The van der Waals surface area contributed by atoms with Crippen LogP contribution in [0.1, 0.15) is 33.8 Å². The summed E-state index contributed by atoms with van der Waals surface area (Å²) in [5.41, 5.74) is 2.38. The van der Waals surface area contributed by atoms with Gasteiger partial charge in [0.1, 0.15) is 17.9 Å². The molecule has 3 aromatic carbocycles. The van der Waals surface area contributed by atoms with Crippen molar-refractivity contribution in [2.24, 2.45) is 0 Å². The number of benzene rings is 3. The SMILES string of the molecule is O=C(NCCN1CCOCC1)c1ccc(-c2csc(NC(=O)[C@@H]3CO[C@H](c4ccccc4F)N3C(=O)[C@H](NC(=O)N3CCOCC3)c3ccccc3)n2)cc1. The lowest BCUT2D eigenvalue weighted by molar-refractivity contribution is -0.143. The number of aromatic nitrogens is 1. The topological polar surface area (TPSA) is 155 Å². The molecule has 55 heavy (non-hydrogen) atoms. The van der Waals surface area contributed by atoms with Gasteiger partial charge in [-0.2, -0.15) is 0 Å². The van der Waals surface area contributed by atoms with Crippen molar-refractivity contribution < 1.29 is 37.8 Å². The molecule has 0 unspecified atom stereocenters. The minimum atomic E-state index is -1.25. The van der Waals surface area contributed by atoms with Crippen LogP contribution in [-0.2, 0) is 23.8 Å². The lowest BCUT2D eigenvalue weighted by atomic mass is 10.0. The van der Waals surface area contributed by atoms with Crippen molar-refractivity contribution in [1.29, 1.82) is 0 Å². The van der Waals surface area contributed by atoms with E-state index in [-0.39, 0.29) is 23.2 Å². The predicted molar refractivity (Wildman–Crippen MR) is 202 cm³/mol. The predicted octanol–water partition coefficient (Wildman–Crippen LogP) is 3.66. The Balaban J connectivity index is 1.06. The van der Waals surface area contributed by atoms with Crippen molar-refractivity contribution in [3.05, 3.63) is 107 Å². The first-order valence-corrected chi connectivity index (χ1v) is 19.0. The molecule has 3 N–H and O–H groups in total. The summed E-state index contributed by atoms with van der Waals surface area (Å²) in [6, 6.07) is 18.7. The van der Waals surface area contributed by atoms with Crippen molar-refractivity contribution in [2.75, 3.05) is 77.6 Å². The van der Waals surface area contributed by atoms with Crippen LogP contribution < -0.4 is 16.0 Å². The summed E-state index contributed by atoms with van der Waals surface area (Å²) in [4.78, 5) is 64.4. The molecule has 7 rings (SSSR count). The van der Waals surface area contributed by atoms with Crippen LogP contribution in [-0.4, -0.2) is 122 Å². The fourth-order valence-electron chi connectivity index (χ4n) is 6.66. The highest BCUT2D eigenvalue weighted by molar-refractivity contribution is 7.14. The third-order valence-electron chi connectivity index (χ3n) is 9.67. The van der Waals surface area contributed by atoms with E-state index in [1.54, 1.807) is 70.9 Å². The summed E-state index contributed by atoms with van der Waals surface area (Å²) in [7, 11) is 0. The molecule has 0 aliphatic carbocycles. The average Bonchev–Trinajstić information content (AvgIpc) is 3.89. The normalized spacial score (nSPS) is 19.4. The van der Waals surface area contributed by atoms with Crippen LogP contribution in [0.3, 0.4) is 0 Å². The highest BCUT2D eigenvalue weighted by Gasteiger charge is 2.46. The van der Waals surface area contributed by atoms with Crippen LogP contribution in [0.2, 0.25) is 0 Å². The van der Waals surface area contributed by atoms with Gasteiger partial charge in [-0.25, -0.2) is 14.2 Å². The molecule has 3 aliphatic heterocycles. The number of carbonyl (C=O) groups is 4. The van der Waals surface area contributed by atoms with E-state index in [1.165, 1.54) is 34.4 Å². The number of amides is 5. The molecule has 0 bridgehead atoms. The largest absolute Gasteiger partial charge is 0.379 e. The van der Waals surface area contributed by atoms with Gasteiger partial charge in [0, 0.05) is 61.3 Å². The van der Waals surface area contributed by atoms with Crippen LogP contribution >= 0.6 is 11.3 Å². The Morgan fingerprint density at radius 1 is 0.873 bits per heavy atom. The highest BCUT2D eigenvalue weighted by atomic mass is 32.1. The fourth-order valence-corrected chi connectivity index (χ4v) is 7.38. The molecule has 16 heteroatoms. The molecule has 0 radical (unpaired) electrons. The molecule has 0 spiro atoms. The number of hydrogen-bond acceptors (Lipinski definition) is 10. The summed E-state index contributed by atoms with van der Waals surface area (Å²) < 4.78 is 32.0. The van der Waals surface area contributed by atoms with Crippen molar-refractivity contribution in [3.63, 3.8) is 0 Å². The number of ether oxygens (including phenoxy) is 3. The smallest absolute Gasteiger partial charge is 0.318 e. The molecule has 14 nitrogen and oxygen atoms in total.